The Morgan fingerprint density at radius 2 is 1.89 bits per heavy atom. The van der Waals surface area contributed by atoms with E-state index in [9.17, 15) is 9.59 Å². The molecule has 1 aromatic carbocycles. The number of terminal acetylenes is 1. The second kappa shape index (κ2) is 11.2. The van der Waals surface area contributed by atoms with Gasteiger partial charge in [0.1, 0.15) is 6.10 Å². The minimum absolute atomic E-state index is 0.182. The van der Waals surface area contributed by atoms with Crippen molar-refractivity contribution in [1.82, 2.24) is 0 Å². The van der Waals surface area contributed by atoms with Gasteiger partial charge in [0, 0.05) is 0 Å². The van der Waals surface area contributed by atoms with Gasteiger partial charge in [-0.2, -0.15) is 0 Å². The molecule has 2 unspecified atom stereocenters. The van der Waals surface area contributed by atoms with Crippen molar-refractivity contribution < 1.29 is 23.8 Å². The van der Waals surface area contributed by atoms with E-state index in [1.165, 1.54) is 6.92 Å². The molecule has 0 saturated carbocycles. The smallest absolute Gasteiger partial charge is 0.324 e. The van der Waals surface area contributed by atoms with E-state index in [1.54, 1.807) is 6.92 Å². The molecule has 27 heavy (non-hydrogen) atoms. The van der Waals surface area contributed by atoms with E-state index in [4.69, 9.17) is 20.6 Å². The summed E-state index contributed by atoms with van der Waals surface area (Å²) >= 11 is 0. The van der Waals surface area contributed by atoms with Crippen LogP contribution in [-0.4, -0.2) is 31.3 Å². The summed E-state index contributed by atoms with van der Waals surface area (Å²) in [5.41, 5.74) is 0.275. The molecule has 0 amide bonds. The molecule has 0 N–H and O–H groups in total. The van der Waals surface area contributed by atoms with Crippen LogP contribution in [0.1, 0.15) is 39.2 Å². The highest BCUT2D eigenvalue weighted by Crippen LogP contribution is 2.27. The number of hydrogen-bond acceptors (Lipinski definition) is 5. The maximum Gasteiger partial charge on any atom is 0.324 e. The molecule has 5 heteroatoms. The van der Waals surface area contributed by atoms with Gasteiger partial charge in [-0.05, 0) is 30.9 Å². The minimum Gasteiger partial charge on any atom is -0.457 e. The maximum absolute atomic E-state index is 12.6. The van der Waals surface area contributed by atoms with Gasteiger partial charge in [-0.1, -0.05) is 56.7 Å². The molecule has 0 bridgehead atoms. The largest absolute Gasteiger partial charge is 0.457 e. The summed E-state index contributed by atoms with van der Waals surface area (Å²) < 4.78 is 16.1. The first-order chi connectivity index (χ1) is 12.9. The standard InChI is InChI=1S/C22H28O5/c1-6-14-26-20(23)22(5,8-3)21(24)27-19(7-2)17(4)15-25-16-18-12-10-9-11-13-18/h1,9-13,19H,4,7-8,14-16H2,2-3,5H3. The molecule has 0 aliphatic heterocycles. The third-order valence-corrected chi connectivity index (χ3v) is 4.37. The highest BCUT2D eigenvalue weighted by molar-refractivity contribution is 5.99. The molecule has 0 aliphatic carbocycles. The highest BCUT2D eigenvalue weighted by Gasteiger charge is 2.43. The molecule has 0 aliphatic rings. The summed E-state index contributed by atoms with van der Waals surface area (Å²) in [6.45, 7) is 9.57. The van der Waals surface area contributed by atoms with Crippen LogP contribution >= 0.6 is 0 Å². The molecule has 5 nitrogen and oxygen atoms in total. The zero-order chi connectivity index (χ0) is 20.3. The third kappa shape index (κ3) is 6.58. The molecule has 0 aromatic heterocycles. The van der Waals surface area contributed by atoms with E-state index in [0.29, 0.717) is 18.6 Å². The maximum atomic E-state index is 12.6. The molecule has 0 fully saturated rings. The van der Waals surface area contributed by atoms with Crippen molar-refractivity contribution in [1.29, 1.82) is 0 Å². The van der Waals surface area contributed by atoms with E-state index in [0.717, 1.165) is 5.56 Å². The Balaban J connectivity index is 2.63. The third-order valence-electron chi connectivity index (χ3n) is 4.37. The summed E-state index contributed by atoms with van der Waals surface area (Å²) in [7, 11) is 0. The predicted octanol–water partition coefficient (Wildman–Crippen LogP) is 3.67. The summed E-state index contributed by atoms with van der Waals surface area (Å²) in [5, 5.41) is 0. The SMILES string of the molecule is C#CCOC(=O)C(C)(CC)C(=O)OC(CC)C(=C)COCc1ccccc1. The van der Waals surface area contributed by atoms with E-state index in [1.807, 2.05) is 37.3 Å². The zero-order valence-electron chi connectivity index (χ0n) is 16.3. The van der Waals surface area contributed by atoms with Crippen molar-refractivity contribution in [2.75, 3.05) is 13.2 Å². The van der Waals surface area contributed by atoms with E-state index < -0.39 is 23.5 Å². The molecule has 0 saturated heterocycles. The van der Waals surface area contributed by atoms with Crippen LogP contribution in [0.4, 0.5) is 0 Å². The molecule has 2 atom stereocenters. The minimum atomic E-state index is -1.41. The molecule has 0 radical (unpaired) electrons. The van der Waals surface area contributed by atoms with Gasteiger partial charge < -0.3 is 14.2 Å². The monoisotopic (exact) mass is 372 g/mol. The first kappa shape index (κ1) is 22.5. The Morgan fingerprint density at radius 3 is 2.44 bits per heavy atom. The van der Waals surface area contributed by atoms with Gasteiger partial charge in [0.05, 0.1) is 13.2 Å². The Kier molecular flexibility index (Phi) is 9.32. The lowest BCUT2D eigenvalue weighted by Gasteiger charge is -2.27. The number of carbonyl (C=O) groups is 2. The average molecular weight is 372 g/mol. The van der Waals surface area contributed by atoms with Crippen molar-refractivity contribution in [3.05, 3.63) is 48.0 Å². The number of hydrogen-bond donors (Lipinski definition) is 0. The number of ether oxygens (including phenoxy) is 3. The molecule has 1 rings (SSSR count). The topological polar surface area (TPSA) is 61.8 Å². The lowest BCUT2D eigenvalue weighted by molar-refractivity contribution is -0.173. The van der Waals surface area contributed by atoms with E-state index in [-0.39, 0.29) is 19.6 Å². The van der Waals surface area contributed by atoms with Gasteiger partial charge in [0.2, 0.25) is 0 Å². The first-order valence-electron chi connectivity index (χ1n) is 9.00. The van der Waals surface area contributed by atoms with Crippen LogP contribution in [0, 0.1) is 17.8 Å². The number of benzene rings is 1. The van der Waals surface area contributed by atoms with Gasteiger partial charge in [-0.15, -0.1) is 6.42 Å². The summed E-state index contributed by atoms with van der Waals surface area (Å²) in [6, 6.07) is 9.75. The quantitative estimate of drug-likeness (QED) is 0.257. The van der Waals surface area contributed by atoms with Crippen LogP contribution in [-0.2, 0) is 30.4 Å². The van der Waals surface area contributed by atoms with E-state index in [2.05, 4.69) is 12.5 Å². The molecule has 0 heterocycles. The fraction of sp³-hybridized carbons (Fsp3) is 0.455. The fourth-order valence-electron chi connectivity index (χ4n) is 2.32. The number of carbonyl (C=O) groups excluding carboxylic acids is 2. The highest BCUT2D eigenvalue weighted by atomic mass is 16.6. The van der Waals surface area contributed by atoms with Gasteiger partial charge in [0.15, 0.2) is 12.0 Å². The second-order valence-corrected chi connectivity index (χ2v) is 6.40. The van der Waals surface area contributed by atoms with Crippen LogP contribution in [0.3, 0.4) is 0 Å². The van der Waals surface area contributed by atoms with Crippen molar-refractivity contribution in [2.24, 2.45) is 5.41 Å². The van der Waals surface area contributed by atoms with Crippen molar-refractivity contribution in [3.63, 3.8) is 0 Å². The molecule has 0 spiro atoms. The number of rotatable bonds is 11. The lowest BCUT2D eigenvalue weighted by Crippen LogP contribution is -2.41. The lowest BCUT2D eigenvalue weighted by atomic mass is 9.87. The fourth-order valence-corrected chi connectivity index (χ4v) is 2.32. The van der Waals surface area contributed by atoms with Crippen LogP contribution < -0.4 is 0 Å². The van der Waals surface area contributed by atoms with Crippen LogP contribution in [0.2, 0.25) is 0 Å². The van der Waals surface area contributed by atoms with Crippen LogP contribution in [0.25, 0.3) is 0 Å². The Morgan fingerprint density at radius 1 is 1.22 bits per heavy atom. The average Bonchev–Trinajstić information content (AvgIpc) is 2.69. The predicted molar refractivity (Wildman–Crippen MR) is 104 cm³/mol. The summed E-state index contributed by atoms with van der Waals surface area (Å²) in [6.07, 6.45) is 5.32. The molecular weight excluding hydrogens is 344 g/mol. The van der Waals surface area contributed by atoms with Crippen molar-refractivity contribution in [3.8, 4) is 12.3 Å². The van der Waals surface area contributed by atoms with Crippen LogP contribution in [0.15, 0.2) is 42.5 Å². The van der Waals surface area contributed by atoms with Crippen molar-refractivity contribution in [2.45, 2.75) is 46.3 Å². The van der Waals surface area contributed by atoms with Gasteiger partial charge >= 0.3 is 11.9 Å². The Hall–Kier alpha value is -2.58. The van der Waals surface area contributed by atoms with Gasteiger partial charge in [-0.25, -0.2) is 0 Å². The first-order valence-corrected chi connectivity index (χ1v) is 9.00. The van der Waals surface area contributed by atoms with E-state index >= 15 is 0 Å². The Bertz CT molecular complexity index is 674. The van der Waals surface area contributed by atoms with Gasteiger partial charge in [-0.3, -0.25) is 9.59 Å². The Labute approximate surface area is 161 Å². The second-order valence-electron chi connectivity index (χ2n) is 6.40. The number of esters is 2. The molecule has 146 valence electrons. The molecular formula is C22H28O5. The van der Waals surface area contributed by atoms with Crippen molar-refractivity contribution >= 4 is 11.9 Å². The molecule has 1 aromatic rings. The summed E-state index contributed by atoms with van der Waals surface area (Å²) in [4.78, 5) is 24.8. The normalized spacial score (nSPS) is 13.7. The van der Waals surface area contributed by atoms with Crippen LogP contribution in [0.5, 0.6) is 0 Å². The zero-order valence-corrected chi connectivity index (χ0v) is 16.3. The van der Waals surface area contributed by atoms with Gasteiger partial charge in [0.25, 0.3) is 0 Å². The summed E-state index contributed by atoms with van der Waals surface area (Å²) in [5.74, 6) is 0.878.